The van der Waals surface area contributed by atoms with Crippen molar-refractivity contribution in [2.24, 2.45) is 11.7 Å². The number of anilines is 1. The highest BCUT2D eigenvalue weighted by Gasteiger charge is 2.24. The van der Waals surface area contributed by atoms with Gasteiger partial charge in [0, 0.05) is 6.04 Å². The maximum Gasteiger partial charge on any atom is 0.231 e. The van der Waals surface area contributed by atoms with Crippen molar-refractivity contribution >= 4 is 11.6 Å². The zero-order valence-corrected chi connectivity index (χ0v) is 13.1. The van der Waals surface area contributed by atoms with Crippen molar-refractivity contribution in [3.05, 3.63) is 35.9 Å². The summed E-state index contributed by atoms with van der Waals surface area (Å²) in [5.41, 5.74) is 7.68. The molecular formula is C17H24N2O2. The maximum atomic E-state index is 12.3. The lowest BCUT2D eigenvalue weighted by Gasteiger charge is -2.21. The molecule has 0 fully saturated rings. The third kappa shape index (κ3) is 3.64. The van der Waals surface area contributed by atoms with E-state index in [1.807, 2.05) is 30.4 Å². The van der Waals surface area contributed by atoms with Gasteiger partial charge in [-0.1, -0.05) is 39.0 Å². The minimum Gasteiger partial charge on any atom is -0.495 e. The van der Waals surface area contributed by atoms with E-state index in [2.05, 4.69) is 26.1 Å². The van der Waals surface area contributed by atoms with E-state index in [4.69, 9.17) is 10.5 Å². The Morgan fingerprint density at radius 3 is 2.57 bits per heavy atom. The van der Waals surface area contributed by atoms with Crippen LogP contribution in [0.3, 0.4) is 0 Å². The quantitative estimate of drug-likeness (QED) is 0.841. The van der Waals surface area contributed by atoms with Gasteiger partial charge in [0.05, 0.1) is 18.7 Å². The van der Waals surface area contributed by atoms with Gasteiger partial charge in [-0.15, -0.1) is 0 Å². The van der Waals surface area contributed by atoms with Gasteiger partial charge in [-0.2, -0.15) is 0 Å². The average Bonchev–Trinajstić information content (AvgIpc) is 2.84. The summed E-state index contributed by atoms with van der Waals surface area (Å²) in [5, 5.41) is 2.97. The number of carbonyl (C=O) groups is 1. The van der Waals surface area contributed by atoms with E-state index in [1.54, 1.807) is 7.11 Å². The van der Waals surface area contributed by atoms with Crippen molar-refractivity contribution in [3.63, 3.8) is 0 Å². The van der Waals surface area contributed by atoms with E-state index in [0.717, 1.165) is 5.56 Å². The molecule has 0 aliphatic heterocycles. The molecule has 1 aromatic rings. The molecule has 2 unspecified atom stereocenters. The van der Waals surface area contributed by atoms with Gasteiger partial charge in [-0.3, -0.25) is 4.79 Å². The van der Waals surface area contributed by atoms with Crippen molar-refractivity contribution in [2.45, 2.75) is 38.6 Å². The molecule has 0 aromatic heterocycles. The molecule has 0 heterocycles. The van der Waals surface area contributed by atoms with E-state index in [0.29, 0.717) is 17.9 Å². The smallest absolute Gasteiger partial charge is 0.231 e. The van der Waals surface area contributed by atoms with Crippen molar-refractivity contribution in [3.8, 4) is 5.75 Å². The molecule has 2 rings (SSSR count). The highest BCUT2D eigenvalue weighted by Crippen LogP contribution is 2.32. The number of nitrogens with one attached hydrogen (secondary N) is 1. The first-order valence-corrected chi connectivity index (χ1v) is 7.24. The Bertz CT molecular complexity index is 558. The second-order valence-corrected chi connectivity index (χ2v) is 6.55. The van der Waals surface area contributed by atoms with Crippen LogP contribution in [0.25, 0.3) is 0 Å². The highest BCUT2D eigenvalue weighted by atomic mass is 16.5. The number of rotatable bonds is 3. The summed E-state index contributed by atoms with van der Waals surface area (Å²) < 4.78 is 5.34. The number of nitrogens with two attached hydrogens (primary N) is 1. The maximum absolute atomic E-state index is 12.3. The average molecular weight is 288 g/mol. The molecule has 1 aromatic carbocycles. The summed E-state index contributed by atoms with van der Waals surface area (Å²) in [7, 11) is 1.60. The Morgan fingerprint density at radius 2 is 2.05 bits per heavy atom. The van der Waals surface area contributed by atoms with Gasteiger partial charge in [-0.05, 0) is 29.5 Å². The van der Waals surface area contributed by atoms with Crippen LogP contribution in [0.15, 0.2) is 30.4 Å². The van der Waals surface area contributed by atoms with Gasteiger partial charge in [0.25, 0.3) is 0 Å². The largest absolute Gasteiger partial charge is 0.495 e. The van der Waals surface area contributed by atoms with Crippen LogP contribution >= 0.6 is 0 Å². The number of hydrogen-bond donors (Lipinski definition) is 2. The third-order valence-electron chi connectivity index (χ3n) is 3.78. The molecule has 1 aliphatic rings. The lowest BCUT2D eigenvalue weighted by Crippen LogP contribution is -2.24. The molecule has 0 saturated heterocycles. The molecule has 0 radical (unpaired) electrons. The van der Waals surface area contributed by atoms with E-state index < -0.39 is 0 Å². The van der Waals surface area contributed by atoms with E-state index in [1.165, 1.54) is 0 Å². The summed E-state index contributed by atoms with van der Waals surface area (Å²) in [4.78, 5) is 12.3. The minimum absolute atomic E-state index is 0.0152. The van der Waals surface area contributed by atoms with Gasteiger partial charge in [0.1, 0.15) is 5.75 Å². The molecule has 1 amide bonds. The van der Waals surface area contributed by atoms with Gasteiger partial charge in [0.15, 0.2) is 0 Å². The van der Waals surface area contributed by atoms with Crippen LogP contribution in [0, 0.1) is 5.92 Å². The predicted octanol–water partition coefficient (Wildman–Crippen LogP) is 2.83. The number of ether oxygens (including phenoxy) is 1. The van der Waals surface area contributed by atoms with Crippen LogP contribution in [-0.4, -0.2) is 19.1 Å². The Morgan fingerprint density at radius 1 is 1.33 bits per heavy atom. The fraction of sp³-hybridized carbons (Fsp3) is 0.471. The van der Waals surface area contributed by atoms with E-state index >= 15 is 0 Å². The molecule has 3 N–H and O–H groups in total. The van der Waals surface area contributed by atoms with Crippen LogP contribution in [-0.2, 0) is 10.2 Å². The minimum atomic E-state index is -0.164. The summed E-state index contributed by atoms with van der Waals surface area (Å²) in [6, 6.07) is 5.88. The molecule has 4 nitrogen and oxygen atoms in total. The van der Waals surface area contributed by atoms with Gasteiger partial charge in [-0.25, -0.2) is 0 Å². The standard InChI is InChI=1S/C17H24N2O2/c1-17(2,3)12-6-8-15(21-4)14(10-12)19-16(20)11-5-7-13(18)9-11/h5-8,10-11,13H,9,18H2,1-4H3,(H,19,20). The number of hydrogen-bond acceptors (Lipinski definition) is 3. The molecule has 0 bridgehead atoms. The Kier molecular flexibility index (Phi) is 4.37. The van der Waals surface area contributed by atoms with Crippen molar-refractivity contribution in [1.82, 2.24) is 0 Å². The first-order valence-electron chi connectivity index (χ1n) is 7.24. The second kappa shape index (κ2) is 5.90. The fourth-order valence-electron chi connectivity index (χ4n) is 2.42. The van der Waals surface area contributed by atoms with Crippen LogP contribution in [0.5, 0.6) is 5.75 Å². The lowest BCUT2D eigenvalue weighted by atomic mass is 9.86. The van der Waals surface area contributed by atoms with Crippen molar-refractivity contribution < 1.29 is 9.53 Å². The Labute approximate surface area is 126 Å². The number of amides is 1. The SMILES string of the molecule is COc1ccc(C(C)(C)C)cc1NC(=O)C1C=CC(N)C1. The van der Waals surface area contributed by atoms with Gasteiger partial charge in [0.2, 0.25) is 5.91 Å². The van der Waals surface area contributed by atoms with E-state index in [-0.39, 0.29) is 23.3 Å². The number of benzene rings is 1. The first-order chi connectivity index (χ1) is 9.81. The zero-order valence-electron chi connectivity index (χ0n) is 13.1. The van der Waals surface area contributed by atoms with Crippen molar-refractivity contribution in [2.75, 3.05) is 12.4 Å². The van der Waals surface area contributed by atoms with Crippen molar-refractivity contribution in [1.29, 1.82) is 0 Å². The monoisotopic (exact) mass is 288 g/mol. The van der Waals surface area contributed by atoms with Crippen LogP contribution in [0.2, 0.25) is 0 Å². The van der Waals surface area contributed by atoms with Crippen LogP contribution in [0.4, 0.5) is 5.69 Å². The molecule has 2 atom stereocenters. The first kappa shape index (κ1) is 15.6. The zero-order chi connectivity index (χ0) is 15.6. The Hall–Kier alpha value is -1.81. The summed E-state index contributed by atoms with van der Waals surface area (Å²) in [6.07, 6.45) is 4.42. The summed E-state index contributed by atoms with van der Waals surface area (Å²) in [5.74, 6) is 0.467. The molecule has 21 heavy (non-hydrogen) atoms. The van der Waals surface area contributed by atoms with Crippen LogP contribution < -0.4 is 15.8 Å². The fourth-order valence-corrected chi connectivity index (χ4v) is 2.42. The molecule has 4 heteroatoms. The second-order valence-electron chi connectivity index (χ2n) is 6.55. The molecule has 0 spiro atoms. The molecule has 114 valence electrons. The summed E-state index contributed by atoms with van der Waals surface area (Å²) >= 11 is 0. The number of methoxy groups -OCH3 is 1. The van der Waals surface area contributed by atoms with Gasteiger partial charge >= 0.3 is 0 Å². The lowest BCUT2D eigenvalue weighted by molar-refractivity contribution is -0.118. The Balaban J connectivity index is 2.21. The summed E-state index contributed by atoms with van der Waals surface area (Å²) in [6.45, 7) is 6.41. The van der Waals surface area contributed by atoms with E-state index in [9.17, 15) is 4.79 Å². The normalized spacial score (nSPS) is 21.4. The highest BCUT2D eigenvalue weighted by molar-refractivity contribution is 5.95. The van der Waals surface area contributed by atoms with Gasteiger partial charge < -0.3 is 15.8 Å². The molecular weight excluding hydrogens is 264 g/mol. The van der Waals surface area contributed by atoms with Crippen LogP contribution in [0.1, 0.15) is 32.8 Å². The number of carbonyl (C=O) groups excluding carboxylic acids is 1. The topological polar surface area (TPSA) is 64.3 Å². The molecule has 1 aliphatic carbocycles. The third-order valence-corrected chi connectivity index (χ3v) is 3.78. The predicted molar refractivity (Wildman–Crippen MR) is 85.5 cm³/mol. The molecule has 0 saturated carbocycles.